The third-order valence-corrected chi connectivity index (χ3v) is 6.63. The fraction of sp³-hybridized carbons (Fsp3) is 0.542. The highest BCUT2D eigenvalue weighted by atomic mass is 16.5. The molecule has 6 heteroatoms. The van der Waals surface area contributed by atoms with E-state index in [-0.39, 0.29) is 17.9 Å². The summed E-state index contributed by atoms with van der Waals surface area (Å²) in [5, 5.41) is 2.17. The number of nitrogens with zero attached hydrogens (tertiary/aromatic N) is 1. The van der Waals surface area contributed by atoms with Crippen LogP contribution >= 0.6 is 0 Å². The van der Waals surface area contributed by atoms with Crippen LogP contribution < -0.4 is 10.6 Å². The molecule has 1 fully saturated rings. The third kappa shape index (κ3) is 3.81. The molecule has 0 aromatic carbocycles. The van der Waals surface area contributed by atoms with Gasteiger partial charge in [0.05, 0.1) is 39.2 Å². The molecule has 3 heterocycles. The first kappa shape index (κ1) is 22.2. The molecule has 2 aliphatic rings. The molecule has 3 rings (SSSR count). The highest BCUT2D eigenvalue weighted by molar-refractivity contribution is 5.88. The van der Waals surface area contributed by atoms with Crippen molar-refractivity contribution in [1.29, 1.82) is 0 Å². The van der Waals surface area contributed by atoms with Gasteiger partial charge in [-0.15, -0.1) is 0 Å². The second-order valence-corrected chi connectivity index (χ2v) is 7.94. The van der Waals surface area contributed by atoms with E-state index in [0.717, 1.165) is 48.7 Å². The van der Waals surface area contributed by atoms with E-state index in [0.29, 0.717) is 11.5 Å². The summed E-state index contributed by atoms with van der Waals surface area (Å²) in [5.74, 6) is 0.952. The van der Waals surface area contributed by atoms with Gasteiger partial charge in [-0.25, -0.2) is 4.79 Å². The first-order chi connectivity index (χ1) is 14.5. The zero-order valence-electron chi connectivity index (χ0n) is 18.8. The van der Waals surface area contributed by atoms with E-state index in [1.165, 1.54) is 18.4 Å². The van der Waals surface area contributed by atoms with E-state index in [2.05, 4.69) is 29.5 Å². The summed E-state index contributed by atoms with van der Waals surface area (Å²) in [6.07, 6.45) is 8.23. The number of nitrogens with one attached hydrogen (secondary N) is 1. The Hall–Kier alpha value is -2.47. The Kier molecular flexibility index (Phi) is 7.08. The number of ether oxygens (including phenoxy) is 3. The molecule has 0 bridgehead atoms. The summed E-state index contributed by atoms with van der Waals surface area (Å²) in [5.41, 5.74) is 3.15. The first-order valence-electron chi connectivity index (χ1n) is 10.7. The van der Waals surface area contributed by atoms with Gasteiger partial charge in [-0.05, 0) is 43.2 Å². The third-order valence-electron chi connectivity index (χ3n) is 6.63. The van der Waals surface area contributed by atoms with Gasteiger partial charge in [0.15, 0.2) is 0 Å². The van der Waals surface area contributed by atoms with Gasteiger partial charge >= 0.3 is 5.97 Å². The maximum atomic E-state index is 12.5. The van der Waals surface area contributed by atoms with Crippen LogP contribution in [0.5, 0.6) is 0 Å². The van der Waals surface area contributed by atoms with Gasteiger partial charge < -0.3 is 19.2 Å². The Bertz CT molecular complexity index is 943. The number of H-pyrrole nitrogens is 1. The normalized spacial score (nSPS) is 25.8. The van der Waals surface area contributed by atoms with Gasteiger partial charge in [0, 0.05) is 29.4 Å². The standard InChI is InChI=1S/C24H34N2O4/c1-7-15-13-26-11-10-16-22(21(9-3)29-5)19(8-2)25-23(16)20(26)12-17(15)18(14-28-4)24(27)30-6/h8-9,14-15,17,20,25H,3,7,10-13H2,1-2,4-6H3/b18-14+,19-8+,22-21+. The number of carbonyl (C=O) groups excluding carboxylic acids is 1. The van der Waals surface area contributed by atoms with E-state index in [1.54, 1.807) is 26.6 Å². The maximum Gasteiger partial charge on any atom is 0.337 e. The molecule has 3 atom stereocenters. The van der Waals surface area contributed by atoms with Crippen molar-refractivity contribution in [3.05, 3.63) is 46.3 Å². The van der Waals surface area contributed by atoms with Crippen molar-refractivity contribution in [3.63, 3.8) is 0 Å². The van der Waals surface area contributed by atoms with Crippen molar-refractivity contribution in [2.75, 3.05) is 34.4 Å². The van der Waals surface area contributed by atoms with Crippen LogP contribution in [0.1, 0.15) is 44.0 Å². The van der Waals surface area contributed by atoms with Crippen molar-refractivity contribution < 1.29 is 19.0 Å². The van der Waals surface area contributed by atoms with Crippen LogP contribution in [0.2, 0.25) is 0 Å². The summed E-state index contributed by atoms with van der Waals surface area (Å²) >= 11 is 0. The largest absolute Gasteiger partial charge is 0.504 e. The Morgan fingerprint density at radius 1 is 1.30 bits per heavy atom. The number of hydrogen-bond donors (Lipinski definition) is 1. The molecule has 6 nitrogen and oxygen atoms in total. The number of methoxy groups -OCH3 is 3. The minimum atomic E-state index is -0.304. The van der Waals surface area contributed by atoms with E-state index in [4.69, 9.17) is 14.2 Å². The zero-order valence-corrected chi connectivity index (χ0v) is 18.8. The first-order valence-corrected chi connectivity index (χ1v) is 10.7. The maximum absolute atomic E-state index is 12.5. The second kappa shape index (κ2) is 9.56. The molecule has 0 amide bonds. The fourth-order valence-electron chi connectivity index (χ4n) is 5.18. The van der Waals surface area contributed by atoms with Crippen LogP contribution in [0, 0.1) is 11.8 Å². The lowest BCUT2D eigenvalue weighted by Crippen LogP contribution is -2.47. The summed E-state index contributed by atoms with van der Waals surface area (Å²) in [6.45, 7) is 10.1. The number of aromatic amines is 1. The van der Waals surface area contributed by atoms with Crippen LogP contribution in [0.3, 0.4) is 0 Å². The van der Waals surface area contributed by atoms with Crippen LogP contribution in [0.4, 0.5) is 0 Å². The number of aromatic nitrogens is 1. The predicted molar refractivity (Wildman–Crippen MR) is 118 cm³/mol. The molecule has 1 aromatic heterocycles. The molecule has 2 aliphatic heterocycles. The lowest BCUT2D eigenvalue weighted by molar-refractivity contribution is -0.137. The molecule has 1 aromatic rings. The average Bonchev–Trinajstić information content (AvgIpc) is 3.16. The fourth-order valence-corrected chi connectivity index (χ4v) is 5.18. The van der Waals surface area contributed by atoms with Gasteiger partial charge in [0.2, 0.25) is 0 Å². The number of esters is 1. The molecular weight excluding hydrogens is 380 g/mol. The predicted octanol–water partition coefficient (Wildman–Crippen LogP) is 2.40. The van der Waals surface area contributed by atoms with Crippen LogP contribution in [-0.2, 0) is 25.4 Å². The molecule has 0 saturated carbocycles. The van der Waals surface area contributed by atoms with Gasteiger partial charge in [0.25, 0.3) is 0 Å². The Morgan fingerprint density at radius 3 is 2.63 bits per heavy atom. The molecule has 0 spiro atoms. The van der Waals surface area contributed by atoms with Crippen molar-refractivity contribution in [3.8, 4) is 0 Å². The molecule has 0 radical (unpaired) electrons. The number of carbonyl (C=O) groups is 1. The highest BCUT2D eigenvalue weighted by Gasteiger charge is 2.42. The smallest absolute Gasteiger partial charge is 0.337 e. The summed E-state index contributed by atoms with van der Waals surface area (Å²) in [6, 6.07) is 0.210. The molecule has 30 heavy (non-hydrogen) atoms. The zero-order chi connectivity index (χ0) is 21.8. The number of fused-ring (bicyclic) bond motifs is 3. The molecule has 1 saturated heterocycles. The average molecular weight is 415 g/mol. The van der Waals surface area contributed by atoms with Crippen molar-refractivity contribution in [1.82, 2.24) is 9.88 Å². The Balaban J connectivity index is 2.11. The topological polar surface area (TPSA) is 63.8 Å². The van der Waals surface area contributed by atoms with Crippen molar-refractivity contribution in [2.24, 2.45) is 11.8 Å². The lowest BCUT2D eigenvalue weighted by Gasteiger charge is -2.46. The Morgan fingerprint density at radius 2 is 2.07 bits per heavy atom. The van der Waals surface area contributed by atoms with E-state index < -0.39 is 0 Å². The number of piperidine rings is 1. The van der Waals surface area contributed by atoms with Crippen LogP contribution in [0.15, 0.2) is 24.5 Å². The minimum Gasteiger partial charge on any atom is -0.504 e. The lowest BCUT2D eigenvalue weighted by atomic mass is 9.74. The van der Waals surface area contributed by atoms with Crippen LogP contribution in [0.25, 0.3) is 11.8 Å². The number of rotatable bonds is 6. The summed E-state index contributed by atoms with van der Waals surface area (Å²) in [4.78, 5) is 18.7. The number of hydrogen-bond acceptors (Lipinski definition) is 5. The minimum absolute atomic E-state index is 0.0840. The molecule has 3 unspecified atom stereocenters. The van der Waals surface area contributed by atoms with Crippen LogP contribution in [-0.4, -0.2) is 50.3 Å². The monoisotopic (exact) mass is 414 g/mol. The second-order valence-electron chi connectivity index (χ2n) is 7.94. The quantitative estimate of drug-likeness (QED) is 0.440. The van der Waals surface area contributed by atoms with E-state index >= 15 is 0 Å². The summed E-state index contributed by atoms with van der Waals surface area (Å²) in [7, 11) is 4.69. The molecule has 164 valence electrons. The molecule has 0 aliphatic carbocycles. The SMILES string of the molecule is C=C/C(OC)=c1/c2c([nH]/c1=C/C)C1CC(/C(=C\OC)C(=O)OC)C(CC)CN1CC2. The molecular formula is C24H34N2O4. The van der Waals surface area contributed by atoms with Gasteiger partial charge in [-0.1, -0.05) is 26.0 Å². The van der Waals surface area contributed by atoms with E-state index in [9.17, 15) is 4.79 Å². The van der Waals surface area contributed by atoms with Gasteiger partial charge in [-0.2, -0.15) is 0 Å². The van der Waals surface area contributed by atoms with Crippen molar-refractivity contribution >= 4 is 17.8 Å². The highest BCUT2D eigenvalue weighted by Crippen LogP contribution is 2.43. The molecule has 1 N–H and O–H groups in total. The van der Waals surface area contributed by atoms with E-state index in [1.807, 2.05) is 6.92 Å². The van der Waals surface area contributed by atoms with Gasteiger partial charge in [-0.3, -0.25) is 4.90 Å². The van der Waals surface area contributed by atoms with Gasteiger partial charge in [0.1, 0.15) is 5.76 Å². The summed E-state index contributed by atoms with van der Waals surface area (Å²) < 4.78 is 16.0. The Labute approximate surface area is 178 Å². The van der Waals surface area contributed by atoms with Crippen molar-refractivity contribution in [2.45, 2.75) is 39.2 Å².